The molecule has 0 bridgehead atoms. The van der Waals surface area contributed by atoms with Crippen LogP contribution in [0.25, 0.3) is 10.2 Å². The molecule has 7 nitrogen and oxygen atoms in total. The van der Waals surface area contributed by atoms with Crippen LogP contribution in [-0.4, -0.2) is 82.9 Å². The predicted octanol–water partition coefficient (Wildman–Crippen LogP) is 5.59. The molecule has 0 aromatic carbocycles. The lowest BCUT2D eigenvalue weighted by Gasteiger charge is -2.56. The molecule has 5 rings (SSSR count). The highest BCUT2D eigenvalue weighted by Gasteiger charge is 2.52. The van der Waals surface area contributed by atoms with E-state index in [9.17, 15) is 18.0 Å². The summed E-state index contributed by atoms with van der Waals surface area (Å²) < 4.78 is 44.4. The first-order valence-electron chi connectivity index (χ1n) is 13.5. The minimum atomic E-state index is -4.24. The van der Waals surface area contributed by atoms with E-state index >= 15 is 0 Å². The number of hydrogen-bond acceptors (Lipinski definition) is 7. The Morgan fingerprint density at radius 1 is 1.18 bits per heavy atom. The summed E-state index contributed by atoms with van der Waals surface area (Å²) in [6.07, 6.45) is -1.80. The Morgan fingerprint density at radius 2 is 1.89 bits per heavy atom. The first kappa shape index (κ1) is 27.4. The van der Waals surface area contributed by atoms with Crippen molar-refractivity contribution in [2.45, 2.75) is 71.7 Å². The molecule has 1 amide bonds. The van der Waals surface area contributed by atoms with E-state index in [0.29, 0.717) is 22.7 Å². The molecular formula is C27H38F3N5O2S. The number of anilines is 1. The van der Waals surface area contributed by atoms with Gasteiger partial charge in [-0.2, -0.15) is 13.2 Å². The number of rotatable bonds is 6. The maximum absolute atomic E-state index is 13.0. The topological polar surface area (TPSA) is 61.8 Å². The van der Waals surface area contributed by atoms with Crippen LogP contribution >= 0.6 is 11.3 Å². The van der Waals surface area contributed by atoms with Gasteiger partial charge < -0.3 is 14.5 Å². The van der Waals surface area contributed by atoms with Gasteiger partial charge in [0.25, 0.3) is 0 Å². The van der Waals surface area contributed by atoms with Gasteiger partial charge >= 0.3 is 12.3 Å². The van der Waals surface area contributed by atoms with Gasteiger partial charge in [0.1, 0.15) is 22.6 Å². The van der Waals surface area contributed by atoms with Gasteiger partial charge in [-0.05, 0) is 45.6 Å². The van der Waals surface area contributed by atoms with Gasteiger partial charge in [-0.15, -0.1) is 11.3 Å². The maximum atomic E-state index is 13.0. The molecule has 0 saturated carbocycles. The van der Waals surface area contributed by atoms with Crippen LogP contribution in [0, 0.1) is 17.3 Å². The van der Waals surface area contributed by atoms with E-state index in [2.05, 4.69) is 33.6 Å². The van der Waals surface area contributed by atoms with Crippen LogP contribution in [-0.2, 0) is 11.2 Å². The van der Waals surface area contributed by atoms with Gasteiger partial charge in [0.2, 0.25) is 0 Å². The van der Waals surface area contributed by atoms with Crippen molar-refractivity contribution in [2.75, 3.05) is 44.2 Å². The summed E-state index contributed by atoms with van der Waals surface area (Å²) >= 11 is 1.10. The SMILES string of the molecule is CC(C)C[C@H](C1CN(C(=O)OC(C)(C)C)C1)N1CC2(CCN(c3ncnc4sc(CC(F)(F)F)cc34)C2)C1. The second-order valence-electron chi connectivity index (χ2n) is 12.8. The Balaban J connectivity index is 1.22. The number of ether oxygens (including phenoxy) is 1. The molecule has 2 aromatic rings. The molecule has 1 atom stereocenters. The highest BCUT2D eigenvalue weighted by Crippen LogP contribution is 2.45. The van der Waals surface area contributed by atoms with Gasteiger partial charge in [0.05, 0.1) is 11.8 Å². The van der Waals surface area contributed by atoms with Gasteiger partial charge in [-0.3, -0.25) is 4.90 Å². The Bertz CT molecular complexity index is 1170. The van der Waals surface area contributed by atoms with Crippen LogP contribution in [0.15, 0.2) is 12.4 Å². The third-order valence-corrected chi connectivity index (χ3v) is 8.88. The highest BCUT2D eigenvalue weighted by molar-refractivity contribution is 7.18. The van der Waals surface area contributed by atoms with Crippen LogP contribution in [0.1, 0.15) is 52.3 Å². The molecule has 3 aliphatic heterocycles. The first-order valence-corrected chi connectivity index (χ1v) is 14.3. The summed E-state index contributed by atoms with van der Waals surface area (Å²) in [7, 11) is 0. The minimum absolute atomic E-state index is 0.173. The number of carbonyl (C=O) groups is 1. The predicted molar refractivity (Wildman–Crippen MR) is 143 cm³/mol. The van der Waals surface area contributed by atoms with Crippen molar-refractivity contribution in [3.05, 3.63) is 17.3 Å². The summed E-state index contributed by atoms with van der Waals surface area (Å²) in [6.45, 7) is 15.3. The lowest BCUT2D eigenvalue weighted by Crippen LogP contribution is -2.67. The van der Waals surface area contributed by atoms with Crippen LogP contribution in [0.4, 0.5) is 23.8 Å². The second kappa shape index (κ2) is 9.80. The van der Waals surface area contributed by atoms with Crippen LogP contribution in [0.2, 0.25) is 0 Å². The van der Waals surface area contributed by atoms with Gasteiger partial charge in [0, 0.05) is 61.5 Å². The van der Waals surface area contributed by atoms with Crippen molar-refractivity contribution in [1.29, 1.82) is 0 Å². The van der Waals surface area contributed by atoms with Crippen molar-refractivity contribution >= 4 is 33.5 Å². The normalized spacial score (nSPS) is 21.3. The number of hydrogen-bond donors (Lipinski definition) is 0. The molecule has 0 aliphatic carbocycles. The first-order chi connectivity index (χ1) is 17.7. The van der Waals surface area contributed by atoms with Crippen LogP contribution in [0.3, 0.4) is 0 Å². The van der Waals surface area contributed by atoms with E-state index in [1.165, 1.54) is 6.33 Å². The van der Waals surface area contributed by atoms with Gasteiger partial charge in [-0.1, -0.05) is 13.8 Å². The zero-order valence-electron chi connectivity index (χ0n) is 22.8. The number of halogens is 3. The number of thiophene rings is 1. The Labute approximate surface area is 226 Å². The summed E-state index contributed by atoms with van der Waals surface area (Å²) in [5.41, 5.74) is -0.318. The van der Waals surface area contributed by atoms with Crippen molar-refractivity contribution in [3.63, 3.8) is 0 Å². The Morgan fingerprint density at radius 3 is 2.53 bits per heavy atom. The smallest absolute Gasteiger partial charge is 0.410 e. The molecule has 0 radical (unpaired) electrons. The fourth-order valence-corrected chi connectivity index (χ4v) is 7.23. The van der Waals surface area contributed by atoms with E-state index in [1.807, 2.05) is 25.7 Å². The molecule has 5 heterocycles. The van der Waals surface area contributed by atoms with E-state index in [-0.39, 0.29) is 16.4 Å². The quantitative estimate of drug-likeness (QED) is 0.465. The number of amides is 1. The third-order valence-electron chi connectivity index (χ3n) is 7.84. The zero-order chi connectivity index (χ0) is 27.5. The van der Waals surface area contributed by atoms with Gasteiger partial charge in [-0.25, -0.2) is 14.8 Å². The standard InChI is InChI=1S/C27H38F3N5O2S/c1-17(2)8-21(18-11-34(12-18)24(36)37-25(3,4)5)35-14-26(15-35)6-7-33(13-26)22-20-9-19(10-27(28,29)30)38-23(20)32-16-31-22/h9,16-18,21H,6-8,10-15H2,1-5H3/t21-/m1/s1. The average Bonchev–Trinajstić information content (AvgIpc) is 3.31. The van der Waals surface area contributed by atoms with E-state index in [1.54, 1.807) is 6.07 Å². The van der Waals surface area contributed by atoms with Crippen molar-refractivity contribution in [1.82, 2.24) is 19.8 Å². The molecule has 2 aromatic heterocycles. The minimum Gasteiger partial charge on any atom is -0.444 e. The number of fused-ring (bicyclic) bond motifs is 1. The second-order valence-corrected chi connectivity index (χ2v) is 14.0. The molecule has 0 unspecified atom stereocenters. The molecule has 3 saturated heterocycles. The zero-order valence-corrected chi connectivity index (χ0v) is 23.7. The molecule has 1 spiro atoms. The van der Waals surface area contributed by atoms with Crippen molar-refractivity contribution in [2.24, 2.45) is 17.3 Å². The lowest BCUT2D eigenvalue weighted by molar-refractivity contribution is -0.126. The number of alkyl halides is 3. The summed E-state index contributed by atoms with van der Waals surface area (Å²) in [4.78, 5) is 28.7. The Kier molecular flexibility index (Phi) is 7.07. The van der Waals surface area contributed by atoms with E-state index in [4.69, 9.17) is 4.74 Å². The van der Waals surface area contributed by atoms with E-state index < -0.39 is 18.2 Å². The summed E-state index contributed by atoms with van der Waals surface area (Å²) in [6, 6.07) is 2.05. The number of nitrogens with zero attached hydrogens (tertiary/aromatic N) is 5. The fraction of sp³-hybridized carbons (Fsp3) is 0.741. The maximum Gasteiger partial charge on any atom is 0.410 e. The molecule has 210 valence electrons. The summed E-state index contributed by atoms with van der Waals surface area (Å²) in [5, 5.41) is 0.722. The largest absolute Gasteiger partial charge is 0.444 e. The fourth-order valence-electron chi connectivity index (χ4n) is 6.21. The summed E-state index contributed by atoms with van der Waals surface area (Å²) in [5.74, 6) is 1.76. The van der Waals surface area contributed by atoms with Crippen LogP contribution < -0.4 is 4.90 Å². The average molecular weight is 554 g/mol. The van der Waals surface area contributed by atoms with Gasteiger partial charge in [0.15, 0.2) is 0 Å². The molecule has 3 aliphatic rings. The number of aromatic nitrogens is 2. The molecule has 0 N–H and O–H groups in total. The monoisotopic (exact) mass is 553 g/mol. The van der Waals surface area contributed by atoms with Crippen LogP contribution in [0.5, 0.6) is 0 Å². The highest BCUT2D eigenvalue weighted by atomic mass is 32.1. The van der Waals surface area contributed by atoms with E-state index in [0.717, 1.165) is 74.7 Å². The van der Waals surface area contributed by atoms with Crippen molar-refractivity contribution < 1.29 is 22.7 Å². The molecule has 38 heavy (non-hydrogen) atoms. The van der Waals surface area contributed by atoms with Crippen molar-refractivity contribution in [3.8, 4) is 0 Å². The number of likely N-dealkylation sites (tertiary alicyclic amines) is 2. The molecule has 11 heteroatoms. The Hall–Kier alpha value is -2.14. The molecular weight excluding hydrogens is 515 g/mol. The third kappa shape index (κ3) is 5.88. The lowest BCUT2D eigenvalue weighted by atomic mass is 9.74. The molecule has 3 fully saturated rings. The number of carbonyl (C=O) groups excluding carboxylic acids is 1.